The van der Waals surface area contributed by atoms with Crippen LogP contribution in [0.15, 0.2) is 30.3 Å². The number of aromatic amines is 1. The lowest BCUT2D eigenvalue weighted by Crippen LogP contribution is -2.12. The highest BCUT2D eigenvalue weighted by Crippen LogP contribution is 2.39. The van der Waals surface area contributed by atoms with Crippen molar-refractivity contribution in [2.45, 2.75) is 18.8 Å². The molecule has 0 spiro atoms. The number of hydrogen-bond donors (Lipinski definition) is 2. The zero-order valence-electron chi connectivity index (χ0n) is 12.9. The Balaban J connectivity index is 1.48. The number of aromatic nitrogens is 4. The van der Waals surface area contributed by atoms with E-state index in [2.05, 4.69) is 24.9 Å². The van der Waals surface area contributed by atoms with E-state index in [1.165, 1.54) is 0 Å². The van der Waals surface area contributed by atoms with Crippen molar-refractivity contribution in [1.82, 2.24) is 19.6 Å². The van der Waals surface area contributed by atoms with E-state index in [1.807, 2.05) is 24.3 Å². The summed E-state index contributed by atoms with van der Waals surface area (Å²) in [4.78, 5) is 16.6. The molecule has 1 saturated carbocycles. The number of carbonyl (C=O) groups is 1. The van der Waals surface area contributed by atoms with E-state index in [9.17, 15) is 4.79 Å². The largest absolute Gasteiger partial charge is 0.497 e. The summed E-state index contributed by atoms with van der Waals surface area (Å²) in [5.74, 6) is 1.53. The molecule has 3 aromatic rings. The van der Waals surface area contributed by atoms with Crippen LogP contribution >= 0.6 is 11.5 Å². The van der Waals surface area contributed by atoms with Crippen molar-refractivity contribution in [3.05, 3.63) is 41.7 Å². The van der Waals surface area contributed by atoms with Crippen molar-refractivity contribution in [2.75, 3.05) is 12.4 Å². The Morgan fingerprint density at radius 1 is 1.38 bits per heavy atom. The van der Waals surface area contributed by atoms with Gasteiger partial charge in [-0.1, -0.05) is 12.1 Å². The number of amides is 1. The minimum Gasteiger partial charge on any atom is -0.497 e. The summed E-state index contributed by atoms with van der Waals surface area (Å²) >= 11 is 1.13. The lowest BCUT2D eigenvalue weighted by molar-refractivity contribution is 0.102. The third-order valence-corrected chi connectivity index (χ3v) is 4.45. The van der Waals surface area contributed by atoms with E-state index >= 15 is 0 Å². The lowest BCUT2D eigenvalue weighted by Gasteiger charge is -2.00. The summed E-state index contributed by atoms with van der Waals surface area (Å²) in [6.45, 7) is 0. The van der Waals surface area contributed by atoms with Crippen molar-refractivity contribution in [2.24, 2.45) is 0 Å². The summed E-state index contributed by atoms with van der Waals surface area (Å²) in [6, 6.07) is 9.27. The summed E-state index contributed by atoms with van der Waals surface area (Å²) in [6.07, 6.45) is 2.31. The number of carbonyl (C=O) groups excluding carboxylic acids is 1. The molecule has 122 valence electrons. The lowest BCUT2D eigenvalue weighted by atomic mass is 10.2. The molecule has 1 aliphatic carbocycles. The van der Waals surface area contributed by atoms with Gasteiger partial charge in [-0.3, -0.25) is 15.2 Å². The molecule has 1 amide bonds. The first kappa shape index (κ1) is 14.8. The maximum Gasteiger partial charge on any atom is 0.277 e. The fraction of sp³-hybridized carbons (Fsp3) is 0.250. The van der Waals surface area contributed by atoms with E-state index in [1.54, 1.807) is 13.2 Å². The Hall–Kier alpha value is -2.74. The second kappa shape index (κ2) is 6.04. The Bertz CT molecular complexity index is 884. The highest BCUT2D eigenvalue weighted by atomic mass is 32.1. The van der Waals surface area contributed by atoms with Crippen molar-refractivity contribution >= 4 is 22.6 Å². The molecule has 0 unspecified atom stereocenters. The first-order chi connectivity index (χ1) is 11.7. The zero-order valence-corrected chi connectivity index (χ0v) is 13.8. The van der Waals surface area contributed by atoms with Crippen molar-refractivity contribution in [3.63, 3.8) is 0 Å². The van der Waals surface area contributed by atoms with Gasteiger partial charge in [0.25, 0.3) is 5.91 Å². The van der Waals surface area contributed by atoms with Gasteiger partial charge in [0.2, 0.25) is 5.13 Å². The number of nitrogens with one attached hydrogen (secondary N) is 2. The molecule has 24 heavy (non-hydrogen) atoms. The van der Waals surface area contributed by atoms with Crippen LogP contribution in [0.4, 0.5) is 5.13 Å². The van der Waals surface area contributed by atoms with Gasteiger partial charge in [-0.25, -0.2) is 0 Å². The molecule has 2 N–H and O–H groups in total. The van der Waals surface area contributed by atoms with Crippen LogP contribution in [0.5, 0.6) is 5.75 Å². The Kier molecular flexibility index (Phi) is 3.73. The fourth-order valence-corrected chi connectivity index (χ4v) is 2.96. The molecule has 7 nitrogen and oxygen atoms in total. The van der Waals surface area contributed by atoms with Crippen LogP contribution in [0.3, 0.4) is 0 Å². The van der Waals surface area contributed by atoms with Crippen LogP contribution < -0.4 is 10.1 Å². The van der Waals surface area contributed by atoms with Crippen molar-refractivity contribution in [1.29, 1.82) is 0 Å². The van der Waals surface area contributed by atoms with E-state index in [0.717, 1.165) is 41.4 Å². The quantitative estimate of drug-likeness (QED) is 0.744. The Labute approximate surface area is 142 Å². The normalized spacial score (nSPS) is 13.7. The van der Waals surface area contributed by atoms with E-state index < -0.39 is 0 Å². The first-order valence-corrected chi connectivity index (χ1v) is 8.35. The first-order valence-electron chi connectivity index (χ1n) is 7.58. The summed E-state index contributed by atoms with van der Waals surface area (Å²) in [5.41, 5.74) is 2.23. The second-order valence-corrected chi connectivity index (χ2v) is 6.34. The molecule has 2 aromatic heterocycles. The van der Waals surface area contributed by atoms with Gasteiger partial charge in [-0.15, -0.1) is 0 Å². The van der Waals surface area contributed by atoms with Gasteiger partial charge in [0.15, 0.2) is 11.5 Å². The van der Waals surface area contributed by atoms with E-state index in [-0.39, 0.29) is 5.91 Å². The predicted molar refractivity (Wildman–Crippen MR) is 90.4 cm³/mol. The Morgan fingerprint density at radius 3 is 3.04 bits per heavy atom. The fourth-order valence-electron chi connectivity index (χ4n) is 2.37. The van der Waals surface area contributed by atoms with Gasteiger partial charge in [-0.2, -0.15) is 14.5 Å². The second-order valence-electron chi connectivity index (χ2n) is 5.59. The third kappa shape index (κ3) is 3.00. The molecule has 0 atom stereocenters. The van der Waals surface area contributed by atoms with Crippen molar-refractivity contribution in [3.8, 4) is 17.1 Å². The van der Waals surface area contributed by atoms with Crippen LogP contribution in [0.1, 0.15) is 34.9 Å². The number of hydrogen-bond acceptors (Lipinski definition) is 6. The topological polar surface area (TPSA) is 92.8 Å². The van der Waals surface area contributed by atoms with Gasteiger partial charge in [-0.05, 0) is 31.0 Å². The SMILES string of the molecule is COc1cccc(-c2nsc(NC(=O)c3cc(C4CC4)[nH]n3)n2)c1. The minimum absolute atomic E-state index is 0.286. The summed E-state index contributed by atoms with van der Waals surface area (Å²) in [5, 5.41) is 10.2. The van der Waals surface area contributed by atoms with Crippen LogP contribution in [0, 0.1) is 0 Å². The van der Waals surface area contributed by atoms with Gasteiger partial charge in [0.05, 0.1) is 7.11 Å². The molecule has 0 aliphatic heterocycles. The predicted octanol–water partition coefficient (Wildman–Crippen LogP) is 3.07. The summed E-state index contributed by atoms with van der Waals surface area (Å²) < 4.78 is 9.48. The molecule has 1 fully saturated rings. The highest BCUT2D eigenvalue weighted by Gasteiger charge is 2.26. The smallest absolute Gasteiger partial charge is 0.277 e. The third-order valence-electron chi connectivity index (χ3n) is 3.82. The van der Waals surface area contributed by atoms with Crippen LogP contribution in [-0.4, -0.2) is 32.6 Å². The number of methoxy groups -OCH3 is 1. The number of H-pyrrole nitrogens is 1. The maximum absolute atomic E-state index is 12.2. The standard InChI is InChI=1S/C16H15N5O2S/c1-23-11-4-2-3-10(7-11)14-17-16(24-21-14)18-15(22)13-8-12(19-20-13)9-5-6-9/h2-4,7-9H,5-6H2,1H3,(H,19,20)(H,17,18,21,22). The molecule has 0 bridgehead atoms. The average molecular weight is 341 g/mol. The molecule has 0 radical (unpaired) electrons. The van der Waals surface area contributed by atoms with Crippen LogP contribution in [-0.2, 0) is 0 Å². The highest BCUT2D eigenvalue weighted by molar-refractivity contribution is 7.10. The number of ether oxygens (including phenoxy) is 1. The number of nitrogens with zero attached hydrogens (tertiary/aromatic N) is 3. The maximum atomic E-state index is 12.2. The molecule has 8 heteroatoms. The number of benzene rings is 1. The monoisotopic (exact) mass is 341 g/mol. The Morgan fingerprint density at radius 2 is 2.25 bits per heavy atom. The molecular weight excluding hydrogens is 326 g/mol. The summed E-state index contributed by atoms with van der Waals surface area (Å²) in [7, 11) is 1.61. The zero-order chi connectivity index (χ0) is 16.5. The van der Waals surface area contributed by atoms with E-state index in [4.69, 9.17) is 4.74 Å². The van der Waals surface area contributed by atoms with E-state index in [0.29, 0.717) is 22.6 Å². The number of anilines is 1. The van der Waals surface area contributed by atoms with Gasteiger partial charge >= 0.3 is 0 Å². The molecule has 1 aromatic carbocycles. The molecule has 2 heterocycles. The van der Waals surface area contributed by atoms with Crippen molar-refractivity contribution < 1.29 is 9.53 Å². The molecule has 0 saturated heterocycles. The van der Waals surface area contributed by atoms with Crippen LogP contribution in [0.2, 0.25) is 0 Å². The average Bonchev–Trinajstić information content (AvgIpc) is 3.15. The van der Waals surface area contributed by atoms with Crippen LogP contribution in [0.25, 0.3) is 11.4 Å². The molecule has 4 rings (SSSR count). The molecule has 1 aliphatic rings. The molecular formula is C16H15N5O2S. The number of rotatable bonds is 5. The minimum atomic E-state index is -0.286. The van der Waals surface area contributed by atoms with Gasteiger partial charge in [0, 0.05) is 28.7 Å². The van der Waals surface area contributed by atoms with Gasteiger partial charge < -0.3 is 4.74 Å². The van der Waals surface area contributed by atoms with Gasteiger partial charge in [0.1, 0.15) is 5.75 Å².